The van der Waals surface area contributed by atoms with Crippen LogP contribution in [0.1, 0.15) is 18.4 Å². The van der Waals surface area contributed by atoms with Crippen LogP contribution in [0.3, 0.4) is 0 Å². The number of hydrogen-bond donors (Lipinski definition) is 1. The molecule has 1 aliphatic heterocycles. The third kappa shape index (κ3) is 4.42. The third-order valence-corrected chi connectivity index (χ3v) is 6.88. The van der Waals surface area contributed by atoms with Crippen LogP contribution < -0.4 is 20.2 Å². The summed E-state index contributed by atoms with van der Waals surface area (Å²) < 4.78 is 75.3. The van der Waals surface area contributed by atoms with Crippen molar-refractivity contribution in [2.24, 2.45) is 0 Å². The zero-order valence-electron chi connectivity index (χ0n) is 19.7. The molecule has 0 atom stereocenters. The number of fused-ring (bicyclic) bond motifs is 3. The molecular weight excluding hydrogens is 509 g/mol. The van der Waals surface area contributed by atoms with Gasteiger partial charge in [0.15, 0.2) is 11.1 Å². The average molecular weight is 529 g/mol. The highest BCUT2D eigenvalue weighted by Gasteiger charge is 2.50. The topological polar surface area (TPSA) is 64.9 Å². The fourth-order valence-electron chi connectivity index (χ4n) is 4.81. The van der Waals surface area contributed by atoms with E-state index in [1.165, 1.54) is 36.5 Å². The van der Waals surface area contributed by atoms with Gasteiger partial charge in [0.2, 0.25) is 0 Å². The molecule has 1 saturated carbocycles. The first-order valence-electron chi connectivity index (χ1n) is 11.8. The van der Waals surface area contributed by atoms with Crippen molar-refractivity contribution in [3.05, 3.63) is 76.7 Å². The van der Waals surface area contributed by atoms with Crippen LogP contribution in [0.15, 0.2) is 65.7 Å². The van der Waals surface area contributed by atoms with Gasteiger partial charge in [0.05, 0.1) is 12.2 Å². The number of nitrogens with one attached hydrogen (secondary N) is 1. The van der Waals surface area contributed by atoms with Crippen molar-refractivity contribution in [1.82, 2.24) is 9.38 Å². The Morgan fingerprint density at radius 3 is 2.50 bits per heavy atom. The number of ether oxygens (including phenoxy) is 2. The summed E-state index contributed by atoms with van der Waals surface area (Å²) in [6.07, 6.45) is 0.663. The van der Waals surface area contributed by atoms with Crippen molar-refractivity contribution < 1.29 is 31.4 Å². The van der Waals surface area contributed by atoms with Crippen molar-refractivity contribution in [1.29, 1.82) is 0 Å². The number of rotatable bonds is 6. The highest BCUT2D eigenvalue weighted by molar-refractivity contribution is 5.83. The fourth-order valence-corrected chi connectivity index (χ4v) is 4.81. The summed E-state index contributed by atoms with van der Waals surface area (Å²) in [5.41, 5.74) is 2.22. The lowest BCUT2D eigenvalue weighted by Crippen LogP contribution is -2.22. The summed E-state index contributed by atoms with van der Waals surface area (Å²) in [6, 6.07) is 12.4. The molecule has 196 valence electrons. The highest BCUT2D eigenvalue weighted by Crippen LogP contribution is 2.55. The maximum absolute atomic E-state index is 13.9. The van der Waals surface area contributed by atoms with Gasteiger partial charge >= 0.3 is 12.8 Å². The van der Waals surface area contributed by atoms with Crippen LogP contribution >= 0.6 is 0 Å². The van der Waals surface area contributed by atoms with Crippen molar-refractivity contribution in [3.8, 4) is 33.8 Å². The monoisotopic (exact) mass is 529 g/mol. The summed E-state index contributed by atoms with van der Waals surface area (Å²) in [5.74, 6) is 0.626. The molecule has 0 radical (unpaired) electrons. The smallest absolute Gasteiger partial charge is 0.405 e. The summed E-state index contributed by atoms with van der Waals surface area (Å²) in [4.78, 5) is 18.2. The van der Waals surface area contributed by atoms with Crippen molar-refractivity contribution in [3.63, 3.8) is 0 Å². The van der Waals surface area contributed by atoms with E-state index < -0.39 is 24.8 Å². The van der Waals surface area contributed by atoms with E-state index in [2.05, 4.69) is 15.0 Å². The molecule has 1 N–H and O–H groups in total. The lowest BCUT2D eigenvalue weighted by atomic mass is 9.93. The lowest BCUT2D eigenvalue weighted by molar-refractivity contribution is -0.115. The van der Waals surface area contributed by atoms with E-state index >= 15 is 0 Å². The van der Waals surface area contributed by atoms with Crippen LogP contribution in [0, 0.1) is 0 Å². The van der Waals surface area contributed by atoms with Crippen molar-refractivity contribution >= 4 is 11.5 Å². The molecular formula is C27H20F5N3O3. The van der Waals surface area contributed by atoms with Crippen molar-refractivity contribution in [2.75, 3.05) is 18.5 Å². The van der Waals surface area contributed by atoms with E-state index in [-0.39, 0.29) is 28.2 Å². The Labute approximate surface area is 212 Å². The zero-order chi connectivity index (χ0) is 26.7. The second-order valence-electron chi connectivity index (χ2n) is 9.44. The molecule has 2 aromatic heterocycles. The van der Waals surface area contributed by atoms with E-state index in [1.54, 1.807) is 16.7 Å². The van der Waals surface area contributed by atoms with Gasteiger partial charge in [0.25, 0.3) is 0 Å². The van der Waals surface area contributed by atoms with Crippen LogP contribution in [0.2, 0.25) is 0 Å². The molecule has 4 aromatic rings. The molecule has 1 aliphatic carbocycles. The number of benzene rings is 2. The SMILES string of the molecule is O=c1c(-c2ccc3c(c2)C2(CC2)CO3)cn2ccc(NCC(F)(F)F)nc2c1-c1ccc(OC(F)F)cc1. The minimum Gasteiger partial charge on any atom is -0.492 e. The minimum absolute atomic E-state index is 0.0116. The standard InChI is InChI=1S/C27H20F5N3O3/c28-25(29)38-17-4-1-15(2-5-17)22-23(36)18(16-3-6-20-19(11-16)26(8-9-26)14-37-20)12-35-10-7-21(34-24(22)35)33-13-27(30,31)32/h1-7,10-12,25H,8-9,13-14H2,(H,33,34). The van der Waals surface area contributed by atoms with Crippen LogP contribution in [0.4, 0.5) is 27.8 Å². The second-order valence-corrected chi connectivity index (χ2v) is 9.44. The minimum atomic E-state index is -4.46. The Hall–Kier alpha value is -4.15. The van der Waals surface area contributed by atoms with Gasteiger partial charge in [-0.15, -0.1) is 0 Å². The quantitative estimate of drug-likeness (QED) is 0.309. The Bertz CT molecular complexity index is 1600. The number of pyridine rings is 1. The van der Waals surface area contributed by atoms with Gasteiger partial charge < -0.3 is 19.2 Å². The highest BCUT2D eigenvalue weighted by atomic mass is 19.4. The molecule has 38 heavy (non-hydrogen) atoms. The molecule has 6 rings (SSSR count). The number of alkyl halides is 5. The average Bonchev–Trinajstić information content (AvgIpc) is 3.58. The van der Waals surface area contributed by atoms with Crippen LogP contribution in [-0.2, 0) is 5.41 Å². The Balaban J connectivity index is 1.51. The maximum atomic E-state index is 13.9. The van der Waals surface area contributed by atoms with Gasteiger partial charge in [-0.1, -0.05) is 18.2 Å². The Kier molecular flexibility index (Phi) is 5.55. The molecule has 2 aromatic carbocycles. The molecule has 0 bridgehead atoms. The molecule has 0 saturated heterocycles. The Morgan fingerprint density at radius 1 is 1.08 bits per heavy atom. The molecule has 11 heteroatoms. The summed E-state index contributed by atoms with van der Waals surface area (Å²) >= 11 is 0. The van der Waals surface area contributed by atoms with Gasteiger partial charge in [-0.25, -0.2) is 4.98 Å². The van der Waals surface area contributed by atoms with E-state index in [0.29, 0.717) is 23.3 Å². The number of hydrogen-bond acceptors (Lipinski definition) is 5. The van der Waals surface area contributed by atoms with E-state index in [4.69, 9.17) is 4.74 Å². The van der Waals surface area contributed by atoms with Gasteiger partial charge in [-0.05, 0) is 54.3 Å². The zero-order valence-corrected chi connectivity index (χ0v) is 19.7. The van der Waals surface area contributed by atoms with Crippen LogP contribution in [0.5, 0.6) is 11.5 Å². The Morgan fingerprint density at radius 2 is 1.82 bits per heavy atom. The van der Waals surface area contributed by atoms with Gasteiger partial charge in [-0.2, -0.15) is 22.0 Å². The maximum Gasteiger partial charge on any atom is 0.405 e. The predicted molar refractivity (Wildman–Crippen MR) is 130 cm³/mol. The summed E-state index contributed by atoms with van der Waals surface area (Å²) in [5, 5.41) is 2.23. The van der Waals surface area contributed by atoms with Crippen LogP contribution in [-0.4, -0.2) is 35.3 Å². The first kappa shape index (κ1) is 24.2. The summed E-state index contributed by atoms with van der Waals surface area (Å²) in [6.45, 7) is -3.71. The van der Waals surface area contributed by atoms with Crippen molar-refractivity contribution in [2.45, 2.75) is 31.0 Å². The number of nitrogens with zero attached hydrogens (tertiary/aromatic N) is 2. The van der Waals surface area contributed by atoms with Gasteiger partial charge in [-0.3, -0.25) is 4.79 Å². The molecule has 0 unspecified atom stereocenters. The largest absolute Gasteiger partial charge is 0.492 e. The normalized spacial score (nSPS) is 15.5. The van der Waals surface area contributed by atoms with Gasteiger partial charge in [0, 0.05) is 28.9 Å². The molecule has 1 fully saturated rings. The van der Waals surface area contributed by atoms with Gasteiger partial charge in [0.1, 0.15) is 23.9 Å². The predicted octanol–water partition coefficient (Wildman–Crippen LogP) is 6.03. The number of halogens is 5. The first-order chi connectivity index (χ1) is 18.1. The number of anilines is 1. The molecule has 6 nitrogen and oxygen atoms in total. The first-order valence-corrected chi connectivity index (χ1v) is 11.8. The lowest BCUT2D eigenvalue weighted by Gasteiger charge is -2.15. The van der Waals surface area contributed by atoms with E-state index in [1.807, 2.05) is 12.1 Å². The van der Waals surface area contributed by atoms with E-state index in [0.717, 1.165) is 24.2 Å². The third-order valence-electron chi connectivity index (χ3n) is 6.88. The summed E-state index contributed by atoms with van der Waals surface area (Å²) in [7, 11) is 0. The van der Waals surface area contributed by atoms with Crippen LogP contribution in [0.25, 0.3) is 27.9 Å². The second kappa shape index (κ2) is 8.71. The fraction of sp³-hybridized carbons (Fsp3) is 0.259. The molecule has 1 spiro atoms. The molecule has 0 amide bonds. The van der Waals surface area contributed by atoms with E-state index in [9.17, 15) is 26.7 Å². The molecule has 2 aliphatic rings. The number of aromatic nitrogens is 2. The molecule has 3 heterocycles.